The quantitative estimate of drug-likeness (QED) is 0.780. The molecule has 0 aliphatic rings. The molecule has 1 aromatic heterocycles. The van der Waals surface area contributed by atoms with E-state index in [1.54, 1.807) is 0 Å². The average Bonchev–Trinajstić information content (AvgIpc) is 2.52. The fourth-order valence-corrected chi connectivity index (χ4v) is 1.25. The summed E-state index contributed by atoms with van der Waals surface area (Å²) in [5.74, 6) is 0.696. The number of aromatic nitrogens is 2. The fraction of sp³-hybridized carbons (Fsp3) is 0.727. The molecule has 0 aliphatic carbocycles. The van der Waals surface area contributed by atoms with Crippen LogP contribution in [0, 0.1) is 5.92 Å². The highest BCUT2D eigenvalue weighted by atomic mass is 15.3. The highest BCUT2D eigenvalue weighted by Gasteiger charge is 2.01. The molecule has 0 spiro atoms. The lowest BCUT2D eigenvalue weighted by atomic mass is 10.2. The highest BCUT2D eigenvalue weighted by Crippen LogP contribution is 2.03. The molecule has 0 radical (unpaired) electrons. The van der Waals surface area contributed by atoms with Gasteiger partial charge in [0.1, 0.15) is 0 Å². The van der Waals surface area contributed by atoms with Crippen LogP contribution in [0.1, 0.15) is 39.4 Å². The molecule has 1 aromatic rings. The van der Waals surface area contributed by atoms with Crippen LogP contribution < -0.4 is 5.32 Å². The summed E-state index contributed by atoms with van der Waals surface area (Å²) in [6.07, 6.45) is 2.04. The van der Waals surface area contributed by atoms with Crippen LogP contribution in [0.15, 0.2) is 12.3 Å². The molecule has 3 heteroatoms. The fourth-order valence-electron chi connectivity index (χ4n) is 1.25. The van der Waals surface area contributed by atoms with E-state index in [2.05, 4.69) is 44.2 Å². The van der Waals surface area contributed by atoms with Crippen LogP contribution in [-0.2, 0) is 6.54 Å². The van der Waals surface area contributed by atoms with Gasteiger partial charge in [-0.25, -0.2) is 0 Å². The lowest BCUT2D eigenvalue weighted by Gasteiger charge is -2.06. The number of rotatable bonds is 5. The van der Waals surface area contributed by atoms with E-state index in [9.17, 15) is 0 Å². The number of hydrogen-bond donors (Lipinski definition) is 1. The zero-order valence-electron chi connectivity index (χ0n) is 9.62. The van der Waals surface area contributed by atoms with Crippen molar-refractivity contribution in [1.29, 1.82) is 0 Å². The smallest absolute Gasteiger partial charge is 0.0762 e. The summed E-state index contributed by atoms with van der Waals surface area (Å²) < 4.78 is 1.99. The molecule has 0 saturated carbocycles. The van der Waals surface area contributed by atoms with Gasteiger partial charge in [0.2, 0.25) is 0 Å². The zero-order valence-corrected chi connectivity index (χ0v) is 9.62. The van der Waals surface area contributed by atoms with E-state index in [0.717, 1.165) is 18.8 Å². The van der Waals surface area contributed by atoms with Crippen molar-refractivity contribution in [3.8, 4) is 0 Å². The molecule has 0 amide bonds. The Hall–Kier alpha value is -0.830. The van der Waals surface area contributed by atoms with E-state index in [1.807, 2.05) is 10.9 Å². The lowest BCUT2D eigenvalue weighted by Crippen LogP contribution is -2.19. The molecular formula is C11H21N3. The van der Waals surface area contributed by atoms with Crippen LogP contribution in [0.3, 0.4) is 0 Å². The van der Waals surface area contributed by atoms with Crippen molar-refractivity contribution in [2.75, 3.05) is 6.54 Å². The topological polar surface area (TPSA) is 29.9 Å². The molecule has 80 valence electrons. The van der Waals surface area contributed by atoms with Gasteiger partial charge >= 0.3 is 0 Å². The zero-order chi connectivity index (χ0) is 10.6. The van der Waals surface area contributed by atoms with E-state index in [-0.39, 0.29) is 0 Å². The summed E-state index contributed by atoms with van der Waals surface area (Å²) >= 11 is 0. The molecule has 1 heterocycles. The van der Waals surface area contributed by atoms with E-state index >= 15 is 0 Å². The van der Waals surface area contributed by atoms with Gasteiger partial charge in [0.05, 0.1) is 5.69 Å². The SMILES string of the molecule is CC(C)CNCc1ccn(C(C)C)n1. The van der Waals surface area contributed by atoms with Crippen molar-refractivity contribution in [2.45, 2.75) is 40.3 Å². The number of hydrogen-bond acceptors (Lipinski definition) is 2. The molecule has 0 fully saturated rings. The minimum Gasteiger partial charge on any atom is -0.311 e. The molecule has 1 N–H and O–H groups in total. The summed E-state index contributed by atoms with van der Waals surface area (Å²) in [5, 5.41) is 7.84. The molecule has 0 saturated heterocycles. The Morgan fingerprint density at radius 3 is 2.57 bits per heavy atom. The predicted octanol–water partition coefficient (Wildman–Crippen LogP) is 2.21. The lowest BCUT2D eigenvalue weighted by molar-refractivity contribution is 0.511. The monoisotopic (exact) mass is 195 g/mol. The summed E-state index contributed by atoms with van der Waals surface area (Å²) in [5.41, 5.74) is 1.12. The summed E-state index contributed by atoms with van der Waals surface area (Å²) in [6.45, 7) is 10.6. The van der Waals surface area contributed by atoms with Crippen LogP contribution in [-0.4, -0.2) is 16.3 Å². The molecular weight excluding hydrogens is 174 g/mol. The Morgan fingerprint density at radius 2 is 2.07 bits per heavy atom. The molecule has 1 rings (SSSR count). The molecule has 3 nitrogen and oxygen atoms in total. The third-order valence-electron chi connectivity index (χ3n) is 2.05. The van der Waals surface area contributed by atoms with Gasteiger partial charge in [0.25, 0.3) is 0 Å². The van der Waals surface area contributed by atoms with Gasteiger partial charge in [0.15, 0.2) is 0 Å². The van der Waals surface area contributed by atoms with Gasteiger partial charge in [0, 0.05) is 18.8 Å². The normalized spacial score (nSPS) is 11.6. The van der Waals surface area contributed by atoms with Crippen LogP contribution in [0.2, 0.25) is 0 Å². The maximum atomic E-state index is 4.46. The minimum absolute atomic E-state index is 0.453. The van der Waals surface area contributed by atoms with Gasteiger partial charge in [-0.2, -0.15) is 5.10 Å². The second-order valence-corrected chi connectivity index (χ2v) is 4.41. The first-order valence-corrected chi connectivity index (χ1v) is 5.34. The second kappa shape index (κ2) is 5.15. The van der Waals surface area contributed by atoms with Crippen molar-refractivity contribution < 1.29 is 0 Å². The number of nitrogens with one attached hydrogen (secondary N) is 1. The van der Waals surface area contributed by atoms with Crippen LogP contribution in [0.5, 0.6) is 0 Å². The Bertz CT molecular complexity index is 263. The van der Waals surface area contributed by atoms with Crippen molar-refractivity contribution in [2.24, 2.45) is 5.92 Å². The van der Waals surface area contributed by atoms with Gasteiger partial charge in [-0.3, -0.25) is 4.68 Å². The Kier molecular flexibility index (Phi) is 4.14. The summed E-state index contributed by atoms with van der Waals surface area (Å²) in [7, 11) is 0. The second-order valence-electron chi connectivity index (χ2n) is 4.41. The molecule has 0 aromatic carbocycles. The van der Waals surface area contributed by atoms with Gasteiger partial charge in [-0.1, -0.05) is 13.8 Å². The van der Waals surface area contributed by atoms with E-state index in [0.29, 0.717) is 12.0 Å². The molecule has 0 aliphatic heterocycles. The Labute approximate surface area is 86.5 Å². The molecule has 0 atom stereocenters. The van der Waals surface area contributed by atoms with Crippen molar-refractivity contribution >= 4 is 0 Å². The van der Waals surface area contributed by atoms with Crippen LogP contribution in [0.25, 0.3) is 0 Å². The van der Waals surface area contributed by atoms with Crippen molar-refractivity contribution in [3.05, 3.63) is 18.0 Å². The predicted molar refractivity (Wildman–Crippen MR) is 59.2 cm³/mol. The first-order chi connectivity index (χ1) is 6.59. The van der Waals surface area contributed by atoms with E-state index in [1.165, 1.54) is 0 Å². The maximum absolute atomic E-state index is 4.46. The minimum atomic E-state index is 0.453. The van der Waals surface area contributed by atoms with Crippen molar-refractivity contribution in [3.63, 3.8) is 0 Å². The standard InChI is InChI=1S/C11H21N3/c1-9(2)7-12-8-11-5-6-14(13-11)10(3)4/h5-6,9-10,12H,7-8H2,1-4H3. The molecule has 0 bridgehead atoms. The van der Waals surface area contributed by atoms with E-state index in [4.69, 9.17) is 0 Å². The van der Waals surface area contributed by atoms with Crippen LogP contribution >= 0.6 is 0 Å². The summed E-state index contributed by atoms with van der Waals surface area (Å²) in [6, 6.07) is 2.53. The highest BCUT2D eigenvalue weighted by molar-refractivity contribution is 4.98. The van der Waals surface area contributed by atoms with E-state index < -0.39 is 0 Å². The van der Waals surface area contributed by atoms with Gasteiger partial charge in [-0.05, 0) is 32.4 Å². The number of nitrogens with zero attached hydrogens (tertiary/aromatic N) is 2. The van der Waals surface area contributed by atoms with Crippen LogP contribution in [0.4, 0.5) is 0 Å². The third-order valence-corrected chi connectivity index (χ3v) is 2.05. The largest absolute Gasteiger partial charge is 0.311 e. The molecule has 0 unspecified atom stereocenters. The maximum Gasteiger partial charge on any atom is 0.0762 e. The average molecular weight is 195 g/mol. The Morgan fingerprint density at radius 1 is 1.36 bits per heavy atom. The summed E-state index contributed by atoms with van der Waals surface area (Å²) in [4.78, 5) is 0. The third kappa shape index (κ3) is 3.50. The van der Waals surface area contributed by atoms with Gasteiger partial charge in [-0.15, -0.1) is 0 Å². The van der Waals surface area contributed by atoms with Crippen molar-refractivity contribution in [1.82, 2.24) is 15.1 Å². The Balaban J connectivity index is 2.36. The first kappa shape index (κ1) is 11.2. The first-order valence-electron chi connectivity index (χ1n) is 5.34. The van der Waals surface area contributed by atoms with Gasteiger partial charge < -0.3 is 5.32 Å². The molecule has 14 heavy (non-hydrogen) atoms.